The van der Waals surface area contributed by atoms with E-state index in [4.69, 9.17) is 11.5 Å². The molecule has 2 aromatic heterocycles. The van der Waals surface area contributed by atoms with E-state index >= 15 is 0 Å². The zero-order chi connectivity index (χ0) is 19.9. The largest absolute Gasteiger partial charge is 0.508 e. The Morgan fingerprint density at radius 3 is 2.52 bits per heavy atom. The third kappa shape index (κ3) is 2.83. The van der Waals surface area contributed by atoms with Crippen molar-refractivity contribution >= 4 is 28.7 Å². The summed E-state index contributed by atoms with van der Waals surface area (Å²) in [6.45, 7) is 9.22. The van der Waals surface area contributed by atoms with Crippen molar-refractivity contribution in [2.75, 3.05) is 23.7 Å². The van der Waals surface area contributed by atoms with E-state index in [0.29, 0.717) is 28.2 Å². The van der Waals surface area contributed by atoms with Gasteiger partial charge in [-0.2, -0.15) is 0 Å². The van der Waals surface area contributed by atoms with Crippen LogP contribution < -0.4 is 16.4 Å². The minimum atomic E-state index is -0.669. The number of primary amides is 1. The van der Waals surface area contributed by atoms with Gasteiger partial charge in [-0.25, -0.2) is 9.97 Å². The third-order valence-electron chi connectivity index (χ3n) is 4.85. The number of benzene rings is 1. The highest BCUT2D eigenvalue weighted by molar-refractivity contribution is 6.09. The van der Waals surface area contributed by atoms with Gasteiger partial charge >= 0.3 is 0 Å². The van der Waals surface area contributed by atoms with Crippen molar-refractivity contribution in [2.45, 2.75) is 27.7 Å². The second-order valence-electron chi connectivity index (χ2n) is 6.41. The van der Waals surface area contributed by atoms with Crippen LogP contribution in [-0.4, -0.2) is 38.6 Å². The number of carbonyl (C=O) groups is 1. The van der Waals surface area contributed by atoms with Crippen molar-refractivity contribution in [3.63, 3.8) is 0 Å². The van der Waals surface area contributed by atoms with Crippen molar-refractivity contribution in [1.82, 2.24) is 14.5 Å². The normalized spacial score (nSPS) is 11.1. The van der Waals surface area contributed by atoms with Crippen LogP contribution in [0.2, 0.25) is 0 Å². The lowest BCUT2D eigenvalue weighted by atomic mass is 10.1. The van der Waals surface area contributed by atoms with Gasteiger partial charge in [-0.3, -0.25) is 9.36 Å². The molecule has 8 heteroatoms. The molecule has 0 aliphatic carbocycles. The first-order chi connectivity index (χ1) is 12.8. The first-order valence-corrected chi connectivity index (χ1v) is 8.82. The van der Waals surface area contributed by atoms with Gasteiger partial charge in [-0.1, -0.05) is 6.07 Å². The van der Waals surface area contributed by atoms with E-state index in [2.05, 4.69) is 9.97 Å². The Morgan fingerprint density at radius 1 is 1.26 bits per heavy atom. The van der Waals surface area contributed by atoms with Gasteiger partial charge in [0.05, 0.1) is 11.9 Å². The molecule has 1 amide bonds. The molecule has 0 fully saturated rings. The third-order valence-corrected chi connectivity index (χ3v) is 4.85. The summed E-state index contributed by atoms with van der Waals surface area (Å²) in [6.07, 6.45) is 1.66. The molecular weight excluding hydrogens is 344 g/mol. The van der Waals surface area contributed by atoms with Crippen LogP contribution in [0.1, 0.15) is 35.3 Å². The molecule has 2 heterocycles. The molecule has 0 atom stereocenters. The van der Waals surface area contributed by atoms with Gasteiger partial charge in [0.1, 0.15) is 28.5 Å². The Morgan fingerprint density at radius 2 is 1.93 bits per heavy atom. The summed E-state index contributed by atoms with van der Waals surface area (Å²) in [7, 11) is 0. The fourth-order valence-electron chi connectivity index (χ4n) is 3.39. The fourth-order valence-corrected chi connectivity index (χ4v) is 3.39. The lowest BCUT2D eigenvalue weighted by Crippen LogP contribution is -2.23. The second-order valence-corrected chi connectivity index (χ2v) is 6.41. The number of amides is 1. The Hall–Kier alpha value is -3.29. The molecule has 0 aliphatic heterocycles. The van der Waals surface area contributed by atoms with Gasteiger partial charge in [0, 0.05) is 18.7 Å². The number of phenols is 1. The number of nitrogens with zero attached hydrogens (tertiary/aromatic N) is 4. The van der Waals surface area contributed by atoms with E-state index in [1.807, 2.05) is 25.7 Å². The average molecular weight is 368 g/mol. The lowest BCUT2D eigenvalue weighted by molar-refractivity contribution is 0.100. The zero-order valence-corrected chi connectivity index (χ0v) is 15.9. The molecule has 142 valence electrons. The first-order valence-electron chi connectivity index (χ1n) is 8.82. The number of rotatable bonds is 5. The van der Waals surface area contributed by atoms with Crippen LogP contribution in [0.4, 0.5) is 11.6 Å². The molecular formula is C19H24N6O2. The number of nitrogens with two attached hydrogens (primary N) is 2. The molecule has 3 rings (SSSR count). The van der Waals surface area contributed by atoms with Crippen LogP contribution >= 0.6 is 0 Å². The van der Waals surface area contributed by atoms with Crippen LogP contribution in [0.3, 0.4) is 0 Å². The molecule has 0 bridgehead atoms. The summed E-state index contributed by atoms with van der Waals surface area (Å²) >= 11 is 0. The molecule has 0 unspecified atom stereocenters. The van der Waals surface area contributed by atoms with E-state index < -0.39 is 5.91 Å². The van der Waals surface area contributed by atoms with E-state index in [1.165, 1.54) is 0 Å². The van der Waals surface area contributed by atoms with Gasteiger partial charge < -0.3 is 21.5 Å². The Balaban J connectivity index is 2.41. The second kappa shape index (κ2) is 6.79. The maximum Gasteiger partial charge on any atom is 0.254 e. The molecule has 0 saturated carbocycles. The number of aromatic hydroxyl groups is 1. The van der Waals surface area contributed by atoms with Gasteiger partial charge in [-0.05, 0) is 39.3 Å². The van der Waals surface area contributed by atoms with Crippen molar-refractivity contribution in [3.05, 3.63) is 35.0 Å². The van der Waals surface area contributed by atoms with E-state index in [0.717, 1.165) is 18.7 Å². The molecule has 5 N–H and O–H groups in total. The van der Waals surface area contributed by atoms with Crippen molar-refractivity contribution in [2.24, 2.45) is 5.73 Å². The van der Waals surface area contributed by atoms with Gasteiger partial charge in [0.15, 0.2) is 5.65 Å². The minimum absolute atomic E-state index is 0.130. The van der Waals surface area contributed by atoms with Crippen molar-refractivity contribution in [1.29, 1.82) is 0 Å². The SMILES string of the molecule is CCN(CC)c1cnc2c(n1)c(C(N)=O)c(N)n2-c1c(C)ccc(O)c1C. The number of fused-ring (bicyclic) bond motifs is 1. The number of hydrogen-bond donors (Lipinski definition) is 3. The van der Waals surface area contributed by atoms with Crippen LogP contribution in [0.25, 0.3) is 16.9 Å². The van der Waals surface area contributed by atoms with Crippen LogP contribution in [0.15, 0.2) is 18.3 Å². The average Bonchev–Trinajstić information content (AvgIpc) is 2.91. The number of phenolic OH excluding ortho intramolecular Hbond substituents is 1. The van der Waals surface area contributed by atoms with Gasteiger partial charge in [-0.15, -0.1) is 0 Å². The molecule has 0 saturated heterocycles. The maximum atomic E-state index is 12.1. The number of aryl methyl sites for hydroxylation is 1. The summed E-state index contributed by atoms with van der Waals surface area (Å²) in [4.78, 5) is 23.3. The van der Waals surface area contributed by atoms with Crippen molar-refractivity contribution in [3.8, 4) is 11.4 Å². The summed E-state index contributed by atoms with van der Waals surface area (Å²) in [5.41, 5.74) is 15.0. The quantitative estimate of drug-likeness (QED) is 0.635. The summed E-state index contributed by atoms with van der Waals surface area (Å²) < 4.78 is 1.64. The Kier molecular flexibility index (Phi) is 4.65. The minimum Gasteiger partial charge on any atom is -0.508 e. The maximum absolute atomic E-state index is 12.1. The highest BCUT2D eigenvalue weighted by atomic mass is 16.3. The molecule has 8 nitrogen and oxygen atoms in total. The number of aromatic nitrogens is 3. The van der Waals surface area contributed by atoms with E-state index in [1.54, 1.807) is 29.8 Å². The number of hydrogen-bond acceptors (Lipinski definition) is 6. The molecule has 27 heavy (non-hydrogen) atoms. The van der Waals surface area contributed by atoms with Crippen molar-refractivity contribution < 1.29 is 9.90 Å². The number of nitrogen functional groups attached to an aromatic ring is 1. The Labute approximate surface area is 157 Å². The fraction of sp³-hybridized carbons (Fsp3) is 0.316. The van der Waals surface area contributed by atoms with Gasteiger partial charge in [0.25, 0.3) is 5.91 Å². The van der Waals surface area contributed by atoms with E-state index in [-0.39, 0.29) is 17.1 Å². The predicted molar refractivity (Wildman–Crippen MR) is 106 cm³/mol. The summed E-state index contributed by atoms with van der Waals surface area (Å²) in [5.74, 6) is 0.269. The predicted octanol–water partition coefficient (Wildman–Crippen LogP) is 2.27. The standard InChI is InChI=1S/C19H24N6O2/c1-5-24(6-2)13-9-22-19-15(23-13)14(18(21)27)17(20)25(19)16-10(3)7-8-12(26)11(16)4/h7-9,26H,5-6,20H2,1-4H3,(H2,21,27). The molecule has 0 aliphatic rings. The van der Waals surface area contributed by atoms with Crippen LogP contribution in [0.5, 0.6) is 5.75 Å². The summed E-state index contributed by atoms with van der Waals surface area (Å²) in [5, 5.41) is 10.2. The lowest BCUT2D eigenvalue weighted by Gasteiger charge is -2.19. The monoisotopic (exact) mass is 368 g/mol. The topological polar surface area (TPSA) is 123 Å². The summed E-state index contributed by atoms with van der Waals surface area (Å²) in [6, 6.07) is 3.40. The first kappa shape index (κ1) is 18.5. The Bertz CT molecular complexity index is 1040. The van der Waals surface area contributed by atoms with E-state index in [9.17, 15) is 9.90 Å². The smallest absolute Gasteiger partial charge is 0.254 e. The molecule has 0 radical (unpaired) electrons. The molecule has 0 spiro atoms. The number of anilines is 2. The number of carbonyl (C=O) groups excluding carboxylic acids is 1. The molecule has 1 aromatic carbocycles. The highest BCUT2D eigenvalue weighted by Crippen LogP contribution is 2.35. The zero-order valence-electron chi connectivity index (χ0n) is 15.9. The van der Waals surface area contributed by atoms with Crippen LogP contribution in [0, 0.1) is 13.8 Å². The van der Waals surface area contributed by atoms with Gasteiger partial charge in [0.2, 0.25) is 0 Å². The highest BCUT2D eigenvalue weighted by Gasteiger charge is 2.25. The van der Waals surface area contributed by atoms with Crippen LogP contribution in [-0.2, 0) is 0 Å². The molecule has 3 aromatic rings.